The van der Waals surface area contributed by atoms with E-state index in [2.05, 4.69) is 15.3 Å². The van der Waals surface area contributed by atoms with E-state index in [0.717, 1.165) is 11.6 Å². The first-order chi connectivity index (χ1) is 7.78. The van der Waals surface area contributed by atoms with Crippen LogP contribution in [0.1, 0.15) is 12.2 Å². The number of nitrogens with one attached hydrogen (secondary N) is 1. The highest BCUT2D eigenvalue weighted by molar-refractivity contribution is 7.99. The molecule has 1 aliphatic heterocycles. The predicted octanol–water partition coefficient (Wildman–Crippen LogP) is 1.12. The molecule has 1 unspecified atom stereocenters. The Labute approximate surface area is 99.2 Å². The van der Waals surface area contributed by atoms with E-state index in [4.69, 9.17) is 10.5 Å². The Morgan fingerprint density at radius 3 is 3.19 bits per heavy atom. The van der Waals surface area contributed by atoms with Crippen molar-refractivity contribution >= 4 is 23.4 Å². The number of methoxy groups -OCH3 is 1. The van der Waals surface area contributed by atoms with Crippen LogP contribution in [0.3, 0.4) is 0 Å². The highest BCUT2D eigenvalue weighted by Crippen LogP contribution is 2.21. The maximum Gasteiger partial charge on any atom is 0.158 e. The van der Waals surface area contributed by atoms with E-state index in [-0.39, 0.29) is 0 Å². The van der Waals surface area contributed by atoms with Gasteiger partial charge in [0.1, 0.15) is 18.2 Å². The molecule has 2 rings (SSSR count). The number of hydrogen-bond acceptors (Lipinski definition) is 6. The van der Waals surface area contributed by atoms with E-state index in [0.29, 0.717) is 24.3 Å². The van der Waals surface area contributed by atoms with Crippen LogP contribution in [0.2, 0.25) is 0 Å². The van der Waals surface area contributed by atoms with Crippen LogP contribution in [0.5, 0.6) is 0 Å². The molecule has 1 atom stereocenters. The topological polar surface area (TPSA) is 73.1 Å². The standard InChI is InChI=1S/C10H16N4OS/c1-15-5-10-13-8(11)4-9(14-10)12-7-2-3-16-6-7/h4,7H,2-3,5-6H2,1H3,(H3,11,12,13,14). The Balaban J connectivity index is 2.06. The SMILES string of the molecule is COCc1nc(N)cc(NC2CCSC2)n1. The van der Waals surface area contributed by atoms with Crippen LogP contribution >= 0.6 is 11.8 Å². The highest BCUT2D eigenvalue weighted by Gasteiger charge is 2.16. The molecule has 1 fully saturated rings. The summed E-state index contributed by atoms with van der Waals surface area (Å²) in [7, 11) is 1.62. The molecule has 16 heavy (non-hydrogen) atoms. The fraction of sp³-hybridized carbons (Fsp3) is 0.600. The van der Waals surface area contributed by atoms with Crippen LogP contribution in [0.4, 0.5) is 11.6 Å². The third-order valence-electron chi connectivity index (χ3n) is 2.35. The van der Waals surface area contributed by atoms with Crippen LogP contribution < -0.4 is 11.1 Å². The van der Waals surface area contributed by atoms with Gasteiger partial charge in [0.05, 0.1) is 0 Å². The Hall–Kier alpha value is -1.01. The lowest BCUT2D eigenvalue weighted by molar-refractivity contribution is 0.178. The number of hydrogen-bond donors (Lipinski definition) is 2. The number of nitrogens with zero attached hydrogens (tertiary/aromatic N) is 2. The maximum atomic E-state index is 5.71. The van der Waals surface area contributed by atoms with Crippen molar-refractivity contribution in [3.05, 3.63) is 11.9 Å². The monoisotopic (exact) mass is 240 g/mol. The summed E-state index contributed by atoms with van der Waals surface area (Å²) in [5.41, 5.74) is 5.71. The van der Waals surface area contributed by atoms with Crippen LogP contribution in [0.25, 0.3) is 0 Å². The third-order valence-corrected chi connectivity index (χ3v) is 3.51. The second-order valence-corrected chi connectivity index (χ2v) is 4.88. The van der Waals surface area contributed by atoms with Gasteiger partial charge in [0, 0.05) is 25.0 Å². The first kappa shape index (κ1) is 11.5. The number of thioether (sulfide) groups is 1. The molecule has 3 N–H and O–H groups in total. The zero-order chi connectivity index (χ0) is 11.4. The first-order valence-electron chi connectivity index (χ1n) is 5.24. The summed E-state index contributed by atoms with van der Waals surface area (Å²) in [4.78, 5) is 8.44. The molecule has 6 heteroatoms. The molecule has 1 saturated heterocycles. The minimum absolute atomic E-state index is 0.388. The second kappa shape index (κ2) is 5.36. The van der Waals surface area contributed by atoms with Gasteiger partial charge in [-0.3, -0.25) is 0 Å². The van der Waals surface area contributed by atoms with Crippen LogP contribution in [-0.2, 0) is 11.3 Å². The highest BCUT2D eigenvalue weighted by atomic mass is 32.2. The van der Waals surface area contributed by atoms with Crippen molar-refractivity contribution in [2.24, 2.45) is 0 Å². The zero-order valence-electron chi connectivity index (χ0n) is 9.27. The fourth-order valence-electron chi connectivity index (χ4n) is 1.64. The number of anilines is 2. The Morgan fingerprint density at radius 1 is 1.62 bits per heavy atom. The minimum Gasteiger partial charge on any atom is -0.384 e. The largest absolute Gasteiger partial charge is 0.384 e. The molecule has 0 spiro atoms. The van der Waals surface area contributed by atoms with Gasteiger partial charge in [0.15, 0.2) is 5.82 Å². The summed E-state index contributed by atoms with van der Waals surface area (Å²) in [5.74, 6) is 4.24. The number of aromatic nitrogens is 2. The third kappa shape index (κ3) is 2.99. The summed E-state index contributed by atoms with van der Waals surface area (Å²) in [6.07, 6.45) is 1.17. The quantitative estimate of drug-likeness (QED) is 0.821. The van der Waals surface area contributed by atoms with Crippen LogP contribution in [-0.4, -0.2) is 34.6 Å². The molecule has 5 nitrogen and oxygen atoms in total. The first-order valence-corrected chi connectivity index (χ1v) is 6.40. The molecule has 1 aliphatic rings. The molecule has 0 aromatic carbocycles. The van der Waals surface area contributed by atoms with Gasteiger partial charge in [0.25, 0.3) is 0 Å². The zero-order valence-corrected chi connectivity index (χ0v) is 10.1. The Morgan fingerprint density at radius 2 is 2.50 bits per heavy atom. The maximum absolute atomic E-state index is 5.71. The fourth-order valence-corrected chi connectivity index (χ4v) is 2.80. The molecule has 0 aliphatic carbocycles. The van der Waals surface area contributed by atoms with Gasteiger partial charge in [-0.2, -0.15) is 11.8 Å². The molecule has 88 valence electrons. The molecule has 0 saturated carbocycles. The van der Waals surface area contributed by atoms with Gasteiger partial charge in [0.2, 0.25) is 0 Å². The number of nitrogens with two attached hydrogens (primary N) is 1. The van der Waals surface area contributed by atoms with Crippen molar-refractivity contribution in [3.63, 3.8) is 0 Å². The lowest BCUT2D eigenvalue weighted by Crippen LogP contribution is -2.19. The number of nitrogen functional groups attached to an aromatic ring is 1. The van der Waals surface area contributed by atoms with E-state index in [9.17, 15) is 0 Å². The Kier molecular flexibility index (Phi) is 3.84. The van der Waals surface area contributed by atoms with Gasteiger partial charge in [-0.25, -0.2) is 9.97 Å². The average Bonchev–Trinajstić information content (AvgIpc) is 2.70. The molecular formula is C10H16N4OS. The van der Waals surface area contributed by atoms with Gasteiger partial charge in [-0.1, -0.05) is 0 Å². The summed E-state index contributed by atoms with van der Waals surface area (Å²) >= 11 is 1.96. The van der Waals surface area contributed by atoms with Crippen molar-refractivity contribution < 1.29 is 4.74 Å². The lowest BCUT2D eigenvalue weighted by Gasteiger charge is -2.12. The van der Waals surface area contributed by atoms with Crippen LogP contribution in [0.15, 0.2) is 6.07 Å². The molecule has 0 radical (unpaired) electrons. The normalized spacial score (nSPS) is 19.9. The molecular weight excluding hydrogens is 224 g/mol. The second-order valence-electron chi connectivity index (χ2n) is 3.73. The van der Waals surface area contributed by atoms with Crippen molar-refractivity contribution in [3.8, 4) is 0 Å². The number of rotatable bonds is 4. The van der Waals surface area contributed by atoms with Crippen LogP contribution in [0, 0.1) is 0 Å². The smallest absolute Gasteiger partial charge is 0.158 e. The summed E-state index contributed by atoms with van der Waals surface area (Å²) in [5, 5.41) is 3.37. The minimum atomic E-state index is 0.388. The lowest BCUT2D eigenvalue weighted by atomic mass is 10.2. The van der Waals surface area contributed by atoms with Gasteiger partial charge in [-0.05, 0) is 12.2 Å². The summed E-state index contributed by atoms with van der Waals surface area (Å²) in [6, 6.07) is 2.26. The number of ether oxygens (including phenoxy) is 1. The molecule has 0 bridgehead atoms. The van der Waals surface area contributed by atoms with E-state index in [1.54, 1.807) is 13.2 Å². The summed E-state index contributed by atoms with van der Waals surface area (Å²) < 4.78 is 5.00. The van der Waals surface area contributed by atoms with Crippen molar-refractivity contribution in [1.82, 2.24) is 9.97 Å². The van der Waals surface area contributed by atoms with Crippen molar-refractivity contribution in [1.29, 1.82) is 0 Å². The summed E-state index contributed by atoms with van der Waals surface area (Å²) in [6.45, 7) is 0.388. The van der Waals surface area contributed by atoms with Gasteiger partial charge in [-0.15, -0.1) is 0 Å². The van der Waals surface area contributed by atoms with Gasteiger partial charge >= 0.3 is 0 Å². The van der Waals surface area contributed by atoms with E-state index in [1.807, 2.05) is 11.8 Å². The van der Waals surface area contributed by atoms with E-state index in [1.165, 1.54) is 12.2 Å². The van der Waals surface area contributed by atoms with E-state index < -0.39 is 0 Å². The molecule has 1 aromatic rings. The van der Waals surface area contributed by atoms with Crippen molar-refractivity contribution in [2.75, 3.05) is 29.7 Å². The molecule has 2 heterocycles. The molecule has 1 aromatic heterocycles. The Bertz CT molecular complexity index is 355. The predicted molar refractivity (Wildman–Crippen MR) is 66.5 cm³/mol. The van der Waals surface area contributed by atoms with Crippen molar-refractivity contribution in [2.45, 2.75) is 19.1 Å². The van der Waals surface area contributed by atoms with E-state index >= 15 is 0 Å². The average molecular weight is 240 g/mol. The van der Waals surface area contributed by atoms with Gasteiger partial charge < -0.3 is 15.8 Å². The molecule has 0 amide bonds.